The van der Waals surface area contributed by atoms with Crippen molar-refractivity contribution in [1.29, 1.82) is 0 Å². The van der Waals surface area contributed by atoms with Crippen molar-refractivity contribution >= 4 is 17.8 Å². The molecule has 0 bridgehead atoms. The van der Waals surface area contributed by atoms with Gasteiger partial charge in [0.15, 0.2) is 0 Å². The number of carbonyl (C=O) groups excluding carboxylic acids is 2. The Kier molecular flexibility index (Phi) is 6.36. The number of anilines is 1. The average Bonchev–Trinajstić information content (AvgIpc) is 3.11. The van der Waals surface area contributed by atoms with Gasteiger partial charge in [0, 0.05) is 20.1 Å². The largest absolute Gasteiger partial charge is 0.344 e. The van der Waals surface area contributed by atoms with Gasteiger partial charge in [0.25, 0.3) is 0 Å². The van der Waals surface area contributed by atoms with E-state index in [2.05, 4.69) is 49.9 Å². The van der Waals surface area contributed by atoms with Crippen LogP contribution in [0.2, 0.25) is 0 Å². The van der Waals surface area contributed by atoms with Crippen LogP contribution in [-0.2, 0) is 29.7 Å². The highest BCUT2D eigenvalue weighted by Gasteiger charge is 2.16. The maximum absolute atomic E-state index is 12.1. The summed E-state index contributed by atoms with van der Waals surface area (Å²) >= 11 is 0. The highest BCUT2D eigenvalue weighted by Crippen LogP contribution is 2.24. The number of aryl methyl sites for hydroxylation is 1. The van der Waals surface area contributed by atoms with Crippen LogP contribution in [0, 0.1) is 0 Å². The maximum atomic E-state index is 12.1. The summed E-state index contributed by atoms with van der Waals surface area (Å²) < 4.78 is 1.44. The van der Waals surface area contributed by atoms with Crippen LogP contribution < -0.4 is 10.6 Å². The van der Waals surface area contributed by atoms with Crippen LogP contribution in [0.15, 0.2) is 54.9 Å². The van der Waals surface area contributed by atoms with Crippen LogP contribution in [0.25, 0.3) is 11.1 Å². The lowest BCUT2D eigenvalue weighted by Crippen LogP contribution is -2.35. The van der Waals surface area contributed by atoms with E-state index in [-0.39, 0.29) is 12.5 Å². The first-order chi connectivity index (χ1) is 13.9. The normalized spacial score (nSPS) is 10.8. The molecule has 0 saturated heterocycles. The molecular weight excluding hydrogens is 368 g/mol. The molecule has 8 nitrogen and oxygen atoms in total. The van der Waals surface area contributed by atoms with E-state index in [0.29, 0.717) is 0 Å². The minimum atomic E-state index is -0.804. The van der Waals surface area contributed by atoms with E-state index in [1.165, 1.54) is 16.6 Å². The van der Waals surface area contributed by atoms with Gasteiger partial charge in [-0.05, 0) is 36.3 Å². The second kappa shape index (κ2) is 9.11. The molecule has 0 atom stereocenters. The highest BCUT2D eigenvalue weighted by molar-refractivity contribution is 6.39. The number of hydrogen-bond donors (Lipinski definition) is 2. The van der Waals surface area contributed by atoms with Crippen molar-refractivity contribution in [1.82, 2.24) is 25.0 Å². The zero-order valence-corrected chi connectivity index (χ0v) is 16.7. The van der Waals surface area contributed by atoms with Gasteiger partial charge in [-0.25, -0.2) is 4.98 Å². The predicted molar refractivity (Wildman–Crippen MR) is 111 cm³/mol. The van der Waals surface area contributed by atoms with E-state index in [9.17, 15) is 9.59 Å². The number of hydrogen-bond acceptors (Lipinski definition) is 5. The van der Waals surface area contributed by atoms with Gasteiger partial charge in [-0.2, -0.15) is 0 Å². The number of rotatable bonds is 6. The van der Waals surface area contributed by atoms with Gasteiger partial charge in [0.2, 0.25) is 5.95 Å². The van der Waals surface area contributed by atoms with Crippen LogP contribution >= 0.6 is 0 Å². The monoisotopic (exact) mass is 392 g/mol. The van der Waals surface area contributed by atoms with Crippen LogP contribution in [0.1, 0.15) is 11.1 Å². The molecule has 0 radical (unpaired) electrons. The highest BCUT2D eigenvalue weighted by atomic mass is 16.2. The first kappa shape index (κ1) is 20.2. The number of amides is 2. The van der Waals surface area contributed by atoms with Gasteiger partial charge in [-0.1, -0.05) is 48.5 Å². The van der Waals surface area contributed by atoms with Crippen LogP contribution in [0.3, 0.4) is 0 Å². The van der Waals surface area contributed by atoms with Gasteiger partial charge < -0.3 is 10.2 Å². The van der Waals surface area contributed by atoms with E-state index in [0.717, 1.165) is 23.2 Å². The number of aromatic nitrogens is 3. The lowest BCUT2D eigenvalue weighted by molar-refractivity contribution is -0.136. The fourth-order valence-electron chi connectivity index (χ4n) is 2.92. The van der Waals surface area contributed by atoms with Gasteiger partial charge in [0.1, 0.15) is 6.33 Å². The zero-order chi connectivity index (χ0) is 20.8. The molecule has 2 amide bonds. The first-order valence-corrected chi connectivity index (χ1v) is 9.19. The van der Waals surface area contributed by atoms with Crippen molar-refractivity contribution in [3.63, 3.8) is 0 Å². The second-order valence-corrected chi connectivity index (χ2v) is 6.97. The van der Waals surface area contributed by atoms with Crippen molar-refractivity contribution < 1.29 is 9.59 Å². The Hall–Kier alpha value is -3.52. The summed E-state index contributed by atoms with van der Waals surface area (Å²) in [7, 11) is 5.74. The van der Waals surface area contributed by atoms with Crippen molar-refractivity contribution in [2.24, 2.45) is 7.05 Å². The lowest BCUT2D eigenvalue weighted by atomic mass is 9.98. The van der Waals surface area contributed by atoms with Crippen LogP contribution in [0.5, 0.6) is 0 Å². The minimum absolute atomic E-state index is 0.0888. The van der Waals surface area contributed by atoms with Crippen LogP contribution in [-0.4, -0.2) is 45.6 Å². The molecule has 3 aromatic rings. The van der Waals surface area contributed by atoms with Crippen molar-refractivity contribution in [2.45, 2.75) is 13.1 Å². The summed E-state index contributed by atoms with van der Waals surface area (Å²) in [6.45, 7) is 1.11. The Balaban J connectivity index is 1.66. The molecule has 29 heavy (non-hydrogen) atoms. The molecule has 0 aliphatic carbocycles. The molecule has 150 valence electrons. The molecular formula is C21H24N6O2. The fourth-order valence-corrected chi connectivity index (χ4v) is 2.92. The van der Waals surface area contributed by atoms with Gasteiger partial charge in [-0.3, -0.25) is 19.6 Å². The Labute approximate surface area is 169 Å². The van der Waals surface area contributed by atoms with Gasteiger partial charge >= 0.3 is 11.8 Å². The van der Waals surface area contributed by atoms with Gasteiger partial charge in [-0.15, -0.1) is 5.10 Å². The molecule has 1 heterocycles. The number of benzene rings is 2. The van der Waals surface area contributed by atoms with E-state index in [1.807, 2.05) is 38.4 Å². The molecule has 1 aromatic heterocycles. The molecule has 8 heteroatoms. The Bertz CT molecular complexity index is 994. The standard InChI is InChI=1S/C21H24N6O2/c1-26(2)13-15-8-10-16(11-9-15)18-7-5-4-6-17(18)12-22-19(28)20(29)24-21-23-14-27(3)25-21/h4-11,14H,12-13H2,1-3H3,(H,22,28)(H,24,25,29). The maximum Gasteiger partial charge on any atom is 0.316 e. The number of nitrogens with zero attached hydrogens (tertiary/aromatic N) is 4. The molecule has 2 N–H and O–H groups in total. The van der Waals surface area contributed by atoms with Crippen molar-refractivity contribution in [3.8, 4) is 11.1 Å². The lowest BCUT2D eigenvalue weighted by Gasteiger charge is -2.13. The summed E-state index contributed by atoms with van der Waals surface area (Å²) in [5.41, 5.74) is 4.21. The molecule has 3 rings (SSSR count). The third-order valence-corrected chi connectivity index (χ3v) is 4.25. The number of nitrogens with one attached hydrogen (secondary N) is 2. The Morgan fingerprint density at radius 2 is 1.76 bits per heavy atom. The topological polar surface area (TPSA) is 92.2 Å². The third-order valence-electron chi connectivity index (χ3n) is 4.25. The molecule has 0 saturated carbocycles. The summed E-state index contributed by atoms with van der Waals surface area (Å²) in [4.78, 5) is 30.1. The molecule has 0 aliphatic rings. The SMILES string of the molecule is CN(C)Cc1ccc(-c2ccccc2CNC(=O)C(=O)Nc2ncn(C)n2)cc1. The molecule has 0 fully saturated rings. The van der Waals surface area contributed by atoms with E-state index >= 15 is 0 Å². The quantitative estimate of drug-likeness (QED) is 0.624. The minimum Gasteiger partial charge on any atom is -0.344 e. The van der Waals surface area contributed by atoms with Crippen molar-refractivity contribution in [2.75, 3.05) is 19.4 Å². The van der Waals surface area contributed by atoms with E-state index in [1.54, 1.807) is 7.05 Å². The van der Waals surface area contributed by atoms with E-state index < -0.39 is 11.8 Å². The summed E-state index contributed by atoms with van der Waals surface area (Å²) in [5.74, 6) is -1.46. The Morgan fingerprint density at radius 1 is 1.03 bits per heavy atom. The molecule has 2 aromatic carbocycles. The van der Waals surface area contributed by atoms with E-state index in [4.69, 9.17) is 0 Å². The zero-order valence-electron chi connectivity index (χ0n) is 16.7. The van der Waals surface area contributed by atoms with Crippen molar-refractivity contribution in [3.05, 3.63) is 66.0 Å². The summed E-state index contributed by atoms with van der Waals surface area (Å²) in [5, 5.41) is 8.94. The third kappa shape index (κ3) is 5.49. The average molecular weight is 392 g/mol. The van der Waals surface area contributed by atoms with Gasteiger partial charge in [0.05, 0.1) is 0 Å². The smallest absolute Gasteiger partial charge is 0.316 e. The Morgan fingerprint density at radius 3 is 2.41 bits per heavy atom. The fraction of sp³-hybridized carbons (Fsp3) is 0.238. The first-order valence-electron chi connectivity index (χ1n) is 9.19. The summed E-state index contributed by atoms with van der Waals surface area (Å²) in [6, 6.07) is 16.1. The number of carbonyl (C=O) groups is 2. The molecule has 0 aliphatic heterocycles. The second-order valence-electron chi connectivity index (χ2n) is 6.97. The summed E-state index contributed by atoms with van der Waals surface area (Å²) in [6.07, 6.45) is 1.44. The molecule has 0 unspecified atom stereocenters. The molecule has 0 spiro atoms. The predicted octanol–water partition coefficient (Wildman–Crippen LogP) is 1.80. The van der Waals surface area contributed by atoms with Crippen LogP contribution in [0.4, 0.5) is 5.95 Å².